The Hall–Kier alpha value is -0.690. The Labute approximate surface area is 146 Å². The van der Waals surface area contributed by atoms with E-state index in [-0.39, 0.29) is 5.91 Å². The number of carbonyl (C=O) groups excluding carboxylic acids is 1. The van der Waals surface area contributed by atoms with Gasteiger partial charge in [0.1, 0.15) is 0 Å². The third-order valence-electron chi connectivity index (χ3n) is 6.44. The molecule has 138 valence electrons. The minimum absolute atomic E-state index is 0.207. The minimum atomic E-state index is -0.741. The molecule has 6 nitrogen and oxygen atoms in total. The van der Waals surface area contributed by atoms with Crippen molar-refractivity contribution in [2.24, 2.45) is 0 Å². The Bertz CT molecular complexity index is 466. The van der Waals surface area contributed by atoms with Crippen LogP contribution >= 0.6 is 0 Å². The molecule has 2 atom stereocenters. The molecule has 2 unspecified atom stereocenters. The van der Waals surface area contributed by atoms with Crippen molar-refractivity contribution in [1.29, 1.82) is 0 Å². The maximum atomic E-state index is 13.1. The second-order valence-electron chi connectivity index (χ2n) is 8.43. The van der Waals surface area contributed by atoms with Gasteiger partial charge < -0.3 is 14.9 Å². The predicted octanol–water partition coefficient (Wildman–Crippen LogP) is 0.0716. The molecular weight excluding hydrogens is 304 g/mol. The Morgan fingerprint density at radius 3 is 2.38 bits per heavy atom. The predicted molar refractivity (Wildman–Crippen MR) is 95.0 cm³/mol. The number of amides is 1. The number of nitrogens with zero attached hydrogens (tertiary/aromatic N) is 4. The van der Waals surface area contributed by atoms with Crippen LogP contribution in [0, 0.1) is 0 Å². The largest absolute Gasteiger partial charge is 0.387 e. The maximum Gasteiger partial charge on any atom is 0.242 e. The Morgan fingerprint density at radius 1 is 1.00 bits per heavy atom. The second-order valence-corrected chi connectivity index (χ2v) is 8.43. The zero-order valence-corrected chi connectivity index (χ0v) is 15.6. The monoisotopic (exact) mass is 338 g/mol. The standard InChI is InChI=1S/C18H34N4O2/c1-17(6-4-5-8-20(17)3)16(23)22-9-7-18(24,15-22)14-21-12-10-19(2)11-13-21/h24H,4-15H2,1-3H3. The number of likely N-dealkylation sites (N-methyl/N-ethyl adjacent to an activating group) is 2. The van der Waals surface area contributed by atoms with E-state index in [4.69, 9.17) is 0 Å². The fourth-order valence-corrected chi connectivity index (χ4v) is 4.45. The van der Waals surface area contributed by atoms with Crippen LogP contribution < -0.4 is 0 Å². The van der Waals surface area contributed by atoms with Crippen LogP contribution in [0.1, 0.15) is 32.6 Å². The van der Waals surface area contributed by atoms with Gasteiger partial charge in [0, 0.05) is 39.3 Å². The average Bonchev–Trinajstić information content (AvgIpc) is 2.94. The highest BCUT2D eigenvalue weighted by atomic mass is 16.3. The molecule has 0 bridgehead atoms. The molecule has 24 heavy (non-hydrogen) atoms. The number of piperidine rings is 1. The van der Waals surface area contributed by atoms with Crippen LogP contribution in [0.25, 0.3) is 0 Å². The number of likely N-dealkylation sites (tertiary alicyclic amines) is 2. The number of aliphatic hydroxyl groups is 1. The molecule has 3 saturated heterocycles. The number of hydrogen-bond acceptors (Lipinski definition) is 5. The summed E-state index contributed by atoms with van der Waals surface area (Å²) in [5.41, 5.74) is -1.13. The topological polar surface area (TPSA) is 50.3 Å². The Morgan fingerprint density at radius 2 is 1.71 bits per heavy atom. The van der Waals surface area contributed by atoms with E-state index in [0.717, 1.165) is 45.6 Å². The molecule has 3 heterocycles. The first-order valence-corrected chi connectivity index (χ1v) is 9.46. The lowest BCUT2D eigenvalue weighted by atomic mass is 9.87. The van der Waals surface area contributed by atoms with E-state index in [9.17, 15) is 9.90 Å². The molecule has 6 heteroatoms. The van der Waals surface area contributed by atoms with Gasteiger partial charge in [-0.25, -0.2) is 0 Å². The van der Waals surface area contributed by atoms with Crippen molar-refractivity contribution in [1.82, 2.24) is 19.6 Å². The summed E-state index contributed by atoms with van der Waals surface area (Å²) < 4.78 is 0. The Balaban J connectivity index is 1.58. The van der Waals surface area contributed by atoms with Gasteiger partial charge in [0.15, 0.2) is 0 Å². The summed E-state index contributed by atoms with van der Waals surface area (Å²) in [6, 6.07) is 0. The van der Waals surface area contributed by atoms with Crippen LogP contribution in [-0.2, 0) is 4.79 Å². The van der Waals surface area contributed by atoms with E-state index < -0.39 is 11.1 Å². The third kappa shape index (κ3) is 3.62. The first kappa shape index (κ1) is 18.1. The molecule has 0 aromatic carbocycles. The van der Waals surface area contributed by atoms with Crippen LogP contribution in [0.5, 0.6) is 0 Å². The summed E-state index contributed by atoms with van der Waals surface area (Å²) in [7, 11) is 4.20. The van der Waals surface area contributed by atoms with E-state index in [1.165, 1.54) is 6.42 Å². The number of β-amino-alcohol motifs (C(OH)–C–C–N with tert-alkyl or cyclic N) is 1. The van der Waals surface area contributed by atoms with Gasteiger partial charge in [0.2, 0.25) is 5.91 Å². The molecule has 0 saturated carbocycles. The van der Waals surface area contributed by atoms with Crippen LogP contribution in [0.15, 0.2) is 0 Å². The molecule has 3 aliphatic heterocycles. The molecule has 0 aliphatic carbocycles. The van der Waals surface area contributed by atoms with Gasteiger partial charge >= 0.3 is 0 Å². The minimum Gasteiger partial charge on any atom is -0.387 e. The fraction of sp³-hybridized carbons (Fsp3) is 0.944. The van der Waals surface area contributed by atoms with E-state index in [0.29, 0.717) is 26.1 Å². The summed E-state index contributed by atoms with van der Waals surface area (Å²) in [6.45, 7) is 9.06. The zero-order chi connectivity index (χ0) is 17.4. The van der Waals surface area contributed by atoms with Gasteiger partial charge in [-0.2, -0.15) is 0 Å². The lowest BCUT2D eigenvalue weighted by Gasteiger charge is -2.43. The number of piperazine rings is 1. The summed E-state index contributed by atoms with van der Waals surface area (Å²) >= 11 is 0. The number of hydrogen-bond donors (Lipinski definition) is 1. The van der Waals surface area contributed by atoms with Crippen molar-refractivity contribution in [3.8, 4) is 0 Å². The lowest BCUT2D eigenvalue weighted by molar-refractivity contribution is -0.145. The average molecular weight is 338 g/mol. The van der Waals surface area contributed by atoms with Crippen molar-refractivity contribution in [2.75, 3.05) is 66.5 Å². The molecule has 3 rings (SSSR count). The van der Waals surface area contributed by atoms with E-state index in [1.807, 2.05) is 4.90 Å². The highest BCUT2D eigenvalue weighted by molar-refractivity contribution is 5.86. The summed E-state index contributed by atoms with van der Waals surface area (Å²) in [4.78, 5) is 21.9. The molecule has 3 aliphatic rings. The molecule has 1 N–H and O–H groups in total. The summed E-state index contributed by atoms with van der Waals surface area (Å²) in [5.74, 6) is 0.207. The van der Waals surface area contributed by atoms with Gasteiger partial charge in [-0.05, 0) is 53.2 Å². The second kappa shape index (κ2) is 6.90. The fourth-order valence-electron chi connectivity index (χ4n) is 4.45. The van der Waals surface area contributed by atoms with Crippen LogP contribution in [0.2, 0.25) is 0 Å². The van der Waals surface area contributed by atoms with E-state index >= 15 is 0 Å². The SMILES string of the molecule is CN1CCN(CC2(O)CCN(C(=O)C3(C)CCCCN3C)C2)CC1. The van der Waals surface area contributed by atoms with Gasteiger partial charge in [-0.1, -0.05) is 0 Å². The molecule has 0 aromatic rings. The lowest BCUT2D eigenvalue weighted by Crippen LogP contribution is -2.59. The van der Waals surface area contributed by atoms with Gasteiger partial charge in [0.05, 0.1) is 17.7 Å². The molecular formula is C18H34N4O2. The molecule has 0 aromatic heterocycles. The molecule has 3 fully saturated rings. The van der Waals surface area contributed by atoms with Crippen molar-refractivity contribution >= 4 is 5.91 Å². The highest BCUT2D eigenvalue weighted by Gasteiger charge is 2.47. The molecule has 0 spiro atoms. The summed E-state index contributed by atoms with van der Waals surface area (Å²) in [5, 5.41) is 11.0. The van der Waals surface area contributed by atoms with Crippen molar-refractivity contribution < 1.29 is 9.90 Å². The maximum absolute atomic E-state index is 13.1. The van der Waals surface area contributed by atoms with Crippen LogP contribution in [0.3, 0.4) is 0 Å². The molecule has 1 amide bonds. The van der Waals surface area contributed by atoms with Gasteiger partial charge in [-0.3, -0.25) is 14.6 Å². The number of rotatable bonds is 3. The highest BCUT2D eigenvalue weighted by Crippen LogP contribution is 2.32. The normalized spacial score (nSPS) is 37.1. The van der Waals surface area contributed by atoms with Crippen molar-refractivity contribution in [3.63, 3.8) is 0 Å². The summed E-state index contributed by atoms with van der Waals surface area (Å²) in [6.07, 6.45) is 3.92. The van der Waals surface area contributed by atoms with Crippen molar-refractivity contribution in [3.05, 3.63) is 0 Å². The smallest absolute Gasteiger partial charge is 0.242 e. The quantitative estimate of drug-likeness (QED) is 0.789. The molecule has 0 radical (unpaired) electrons. The van der Waals surface area contributed by atoms with Crippen LogP contribution in [-0.4, -0.2) is 108 Å². The van der Waals surface area contributed by atoms with E-state index in [1.54, 1.807) is 0 Å². The third-order valence-corrected chi connectivity index (χ3v) is 6.44. The zero-order valence-electron chi connectivity index (χ0n) is 15.6. The van der Waals surface area contributed by atoms with Gasteiger partial charge in [-0.15, -0.1) is 0 Å². The van der Waals surface area contributed by atoms with E-state index in [2.05, 4.69) is 35.7 Å². The van der Waals surface area contributed by atoms with Gasteiger partial charge in [0.25, 0.3) is 0 Å². The first-order valence-electron chi connectivity index (χ1n) is 9.46. The van der Waals surface area contributed by atoms with Crippen LogP contribution in [0.4, 0.5) is 0 Å². The van der Waals surface area contributed by atoms with Crippen molar-refractivity contribution in [2.45, 2.75) is 43.7 Å². The first-order chi connectivity index (χ1) is 11.3. The Kier molecular flexibility index (Phi) is 5.21. The number of carbonyl (C=O) groups is 1.